The lowest BCUT2D eigenvalue weighted by Gasteiger charge is -2.39. The second-order valence-corrected chi connectivity index (χ2v) is 9.60. The Labute approximate surface area is 211 Å². The average molecular weight is 515 g/mol. The van der Waals surface area contributed by atoms with E-state index in [1.54, 1.807) is 27.8 Å². The Hall–Kier alpha value is -3.83. The highest BCUT2D eigenvalue weighted by atomic mass is 19.3. The van der Waals surface area contributed by atoms with Gasteiger partial charge in [-0.3, -0.25) is 24.5 Å². The molecule has 2 aromatic rings. The Balaban J connectivity index is 1.48. The summed E-state index contributed by atoms with van der Waals surface area (Å²) < 4.78 is 48.9. The van der Waals surface area contributed by atoms with Crippen LogP contribution in [0.2, 0.25) is 0 Å². The number of fused-ring (bicyclic) bond motifs is 1. The minimum Gasteiger partial charge on any atom is -0.490 e. The zero-order valence-corrected chi connectivity index (χ0v) is 20.5. The number of piperidine rings is 1. The molecule has 2 N–H and O–H groups in total. The van der Waals surface area contributed by atoms with E-state index in [4.69, 9.17) is 4.74 Å². The van der Waals surface area contributed by atoms with Crippen molar-refractivity contribution in [3.8, 4) is 5.75 Å². The maximum atomic E-state index is 15.0. The number of imide groups is 1. The van der Waals surface area contributed by atoms with Crippen molar-refractivity contribution in [3.63, 3.8) is 0 Å². The molecule has 0 aromatic heterocycles. The minimum absolute atomic E-state index is 0.0930. The van der Waals surface area contributed by atoms with Gasteiger partial charge in [0.2, 0.25) is 11.8 Å². The lowest BCUT2D eigenvalue weighted by Crippen LogP contribution is -2.63. The number of carbonyl (C=O) groups is 4. The van der Waals surface area contributed by atoms with Gasteiger partial charge in [-0.05, 0) is 49.6 Å². The van der Waals surface area contributed by atoms with Crippen molar-refractivity contribution < 1.29 is 37.1 Å². The third kappa shape index (κ3) is 4.92. The lowest BCUT2D eigenvalue weighted by molar-refractivity contribution is -0.147. The monoisotopic (exact) mass is 515 g/mol. The molecule has 12 heteroatoms. The fraction of sp³-hybridized carbons (Fsp3) is 0.360. The molecule has 1 atom stereocenters. The fourth-order valence-electron chi connectivity index (χ4n) is 4.46. The zero-order chi connectivity index (χ0) is 27.1. The normalized spacial score (nSPS) is 19.6. The lowest BCUT2D eigenvalue weighted by atomic mass is 9.70. The fourth-order valence-corrected chi connectivity index (χ4v) is 4.46. The van der Waals surface area contributed by atoms with Crippen LogP contribution in [0.1, 0.15) is 53.7 Å². The molecule has 0 spiro atoms. The quantitative estimate of drug-likeness (QED) is 0.432. The Kier molecular flexibility index (Phi) is 6.78. The summed E-state index contributed by atoms with van der Waals surface area (Å²) in [7, 11) is 1.59. The number of alkyl halides is 2. The highest BCUT2D eigenvalue weighted by Gasteiger charge is 2.48. The molecule has 2 aliphatic rings. The summed E-state index contributed by atoms with van der Waals surface area (Å²) in [5.74, 6) is -8.12. The summed E-state index contributed by atoms with van der Waals surface area (Å²) in [4.78, 5) is 50.9. The predicted molar refractivity (Wildman–Crippen MR) is 128 cm³/mol. The van der Waals surface area contributed by atoms with Crippen LogP contribution in [0.5, 0.6) is 5.75 Å². The first-order chi connectivity index (χ1) is 17.3. The van der Waals surface area contributed by atoms with Crippen LogP contribution in [0.3, 0.4) is 0 Å². The Morgan fingerprint density at radius 3 is 2.62 bits per heavy atom. The molecule has 0 radical (unpaired) electrons. The number of carbonyl (C=O) groups excluding carboxylic acids is 4. The molecular formula is C25H25BF3N3O5. The van der Waals surface area contributed by atoms with E-state index in [1.807, 2.05) is 0 Å². The molecule has 1 unspecified atom stereocenters. The molecule has 2 heterocycles. The number of nitrogens with one attached hydrogen (secondary N) is 2. The Morgan fingerprint density at radius 2 is 1.95 bits per heavy atom. The van der Waals surface area contributed by atoms with Crippen LogP contribution in [0, 0.1) is 5.82 Å². The largest absolute Gasteiger partial charge is 0.490 e. The summed E-state index contributed by atoms with van der Waals surface area (Å²) in [6, 6.07) is 7.10. The average Bonchev–Trinajstić information content (AvgIpc) is 3.16. The molecule has 37 heavy (non-hydrogen) atoms. The molecule has 0 saturated carbocycles. The Bertz CT molecular complexity index is 1300. The van der Waals surface area contributed by atoms with Gasteiger partial charge < -0.3 is 15.0 Å². The first-order valence-corrected chi connectivity index (χ1v) is 11.7. The SMILES string of the molecule is BC1(N2Cc3cc(CNC(=O)C(F)(F)c4ccc(F)cc4OC(C)C)ccc3C2=O)CCC(=O)NC1=O. The van der Waals surface area contributed by atoms with Crippen molar-refractivity contribution in [2.45, 2.75) is 57.2 Å². The van der Waals surface area contributed by atoms with Crippen molar-refractivity contribution in [3.05, 3.63) is 64.5 Å². The summed E-state index contributed by atoms with van der Waals surface area (Å²) in [6.07, 6.45) is -0.233. The molecule has 0 bridgehead atoms. The predicted octanol–water partition coefficient (Wildman–Crippen LogP) is 1.74. The summed E-state index contributed by atoms with van der Waals surface area (Å²) in [6.45, 7) is 3.01. The number of amides is 4. The van der Waals surface area contributed by atoms with Gasteiger partial charge in [-0.2, -0.15) is 8.78 Å². The summed E-state index contributed by atoms with van der Waals surface area (Å²) in [5.41, 5.74) is -0.573. The van der Waals surface area contributed by atoms with E-state index in [2.05, 4.69) is 10.6 Å². The van der Waals surface area contributed by atoms with Gasteiger partial charge in [0, 0.05) is 31.1 Å². The van der Waals surface area contributed by atoms with Crippen molar-refractivity contribution in [1.29, 1.82) is 0 Å². The first-order valence-electron chi connectivity index (χ1n) is 11.7. The highest BCUT2D eigenvalue weighted by Crippen LogP contribution is 2.37. The van der Waals surface area contributed by atoms with Crippen LogP contribution >= 0.6 is 0 Å². The molecule has 0 aliphatic carbocycles. The van der Waals surface area contributed by atoms with E-state index < -0.39 is 52.3 Å². The number of ether oxygens (including phenoxy) is 1. The van der Waals surface area contributed by atoms with Crippen LogP contribution < -0.4 is 15.4 Å². The van der Waals surface area contributed by atoms with Crippen molar-refractivity contribution >= 4 is 31.5 Å². The number of benzene rings is 2. The molecule has 2 aromatic carbocycles. The molecule has 2 aliphatic heterocycles. The molecule has 8 nitrogen and oxygen atoms in total. The molecular weight excluding hydrogens is 490 g/mol. The maximum absolute atomic E-state index is 15.0. The van der Waals surface area contributed by atoms with E-state index >= 15 is 8.78 Å². The number of hydrogen-bond acceptors (Lipinski definition) is 5. The van der Waals surface area contributed by atoms with E-state index in [1.165, 1.54) is 17.0 Å². The van der Waals surface area contributed by atoms with E-state index in [9.17, 15) is 23.6 Å². The van der Waals surface area contributed by atoms with Crippen molar-refractivity contribution in [2.75, 3.05) is 0 Å². The van der Waals surface area contributed by atoms with Crippen LogP contribution in [0.15, 0.2) is 36.4 Å². The molecule has 4 amide bonds. The van der Waals surface area contributed by atoms with Crippen LogP contribution in [0.4, 0.5) is 13.2 Å². The number of halogens is 3. The van der Waals surface area contributed by atoms with E-state index in [0.29, 0.717) is 16.7 Å². The second kappa shape index (κ2) is 9.57. The zero-order valence-electron chi connectivity index (χ0n) is 20.5. The number of rotatable bonds is 7. The van der Waals surface area contributed by atoms with Gasteiger partial charge in [0.1, 0.15) is 19.4 Å². The van der Waals surface area contributed by atoms with Crippen LogP contribution in [-0.2, 0) is 33.4 Å². The van der Waals surface area contributed by atoms with Crippen molar-refractivity contribution in [1.82, 2.24) is 15.5 Å². The van der Waals surface area contributed by atoms with Gasteiger partial charge in [-0.15, -0.1) is 0 Å². The number of hydrogen-bond donors (Lipinski definition) is 2. The van der Waals surface area contributed by atoms with Crippen LogP contribution in [0.25, 0.3) is 0 Å². The van der Waals surface area contributed by atoms with Crippen molar-refractivity contribution in [2.24, 2.45) is 0 Å². The van der Waals surface area contributed by atoms with Crippen LogP contribution in [-0.4, -0.2) is 47.9 Å². The number of nitrogens with zero attached hydrogens (tertiary/aromatic N) is 1. The smallest absolute Gasteiger partial charge is 0.353 e. The maximum Gasteiger partial charge on any atom is 0.353 e. The summed E-state index contributed by atoms with van der Waals surface area (Å²) >= 11 is 0. The highest BCUT2D eigenvalue weighted by molar-refractivity contribution is 6.32. The van der Waals surface area contributed by atoms with E-state index in [-0.39, 0.29) is 31.8 Å². The Morgan fingerprint density at radius 1 is 1.22 bits per heavy atom. The van der Waals surface area contributed by atoms with Gasteiger partial charge in [-0.25, -0.2) is 4.39 Å². The van der Waals surface area contributed by atoms with Gasteiger partial charge >= 0.3 is 5.92 Å². The molecule has 1 saturated heterocycles. The van der Waals surface area contributed by atoms with Gasteiger partial charge in [0.05, 0.1) is 17.1 Å². The molecule has 194 valence electrons. The summed E-state index contributed by atoms with van der Waals surface area (Å²) in [5, 5.41) is 4.45. The second-order valence-electron chi connectivity index (χ2n) is 9.60. The topological polar surface area (TPSA) is 105 Å². The molecule has 4 rings (SSSR count). The first kappa shape index (κ1) is 26.2. The minimum atomic E-state index is -4.00. The van der Waals surface area contributed by atoms with Gasteiger partial charge in [0.25, 0.3) is 11.8 Å². The van der Waals surface area contributed by atoms with Gasteiger partial charge in [0.15, 0.2) is 0 Å². The standard InChI is InChI=1S/C25H25BF3N3O5/c1-13(2)37-19-10-16(27)4-6-18(19)25(28,29)23(36)30-11-14-3-5-17-15(9-14)12-32(21(17)34)24(26)8-7-20(33)31-22(24)35/h3-6,9-10,13H,7-8,11-12,26H2,1-2H3,(H,30,36)(H,31,33,35). The third-order valence-electron chi connectivity index (χ3n) is 6.53. The van der Waals surface area contributed by atoms with Gasteiger partial charge in [-0.1, -0.05) is 12.1 Å². The molecule has 1 fully saturated rings. The van der Waals surface area contributed by atoms with E-state index in [0.717, 1.165) is 18.2 Å². The third-order valence-corrected chi connectivity index (χ3v) is 6.53.